The number of rotatable bonds is 4. The fourth-order valence-corrected chi connectivity index (χ4v) is 3.18. The summed E-state index contributed by atoms with van der Waals surface area (Å²) in [6, 6.07) is 19.9. The summed E-state index contributed by atoms with van der Waals surface area (Å²) in [5.74, 6) is 4.75. The molecule has 0 radical (unpaired) electrons. The van der Waals surface area contributed by atoms with Gasteiger partial charge in [0.1, 0.15) is 40.5 Å². The molecule has 4 rings (SSSR count). The van der Waals surface area contributed by atoms with Crippen LogP contribution in [0.2, 0.25) is 0 Å². The molecule has 0 fully saturated rings. The Kier molecular flexibility index (Phi) is 4.14. The molecule has 3 nitrogen and oxygen atoms in total. The highest BCUT2D eigenvalue weighted by molar-refractivity contribution is 9.10. The second-order valence-electron chi connectivity index (χ2n) is 6.04. The van der Waals surface area contributed by atoms with Crippen LogP contribution in [-0.2, 0) is 0 Å². The molecular weight excluding hydrogens is 380 g/mol. The van der Waals surface area contributed by atoms with E-state index in [1.54, 1.807) is 0 Å². The predicted molar refractivity (Wildman–Crippen MR) is 99.7 cm³/mol. The summed E-state index contributed by atoms with van der Waals surface area (Å²) in [6.45, 7) is 3.87. The van der Waals surface area contributed by atoms with Gasteiger partial charge in [0.05, 0.1) is 0 Å². The Bertz CT molecular complexity index is 948. The first-order valence-electron chi connectivity index (χ1n) is 8.08. The van der Waals surface area contributed by atoms with Gasteiger partial charge in [-0.05, 0) is 62.4 Å². The van der Waals surface area contributed by atoms with Crippen molar-refractivity contribution in [1.82, 2.24) is 0 Å². The van der Waals surface area contributed by atoms with E-state index in [0.29, 0.717) is 0 Å². The second kappa shape index (κ2) is 6.45. The average Bonchev–Trinajstić information content (AvgIpc) is 3.32. The summed E-state index contributed by atoms with van der Waals surface area (Å²) < 4.78 is 18.9. The van der Waals surface area contributed by atoms with E-state index in [2.05, 4.69) is 15.9 Å². The highest BCUT2D eigenvalue weighted by Crippen LogP contribution is 2.37. The molecule has 0 bridgehead atoms. The Balaban J connectivity index is 1.76. The molecule has 1 aromatic carbocycles. The highest BCUT2D eigenvalue weighted by atomic mass is 79.9. The third-order valence-electron chi connectivity index (χ3n) is 4.13. The van der Waals surface area contributed by atoms with Gasteiger partial charge in [-0.25, -0.2) is 0 Å². The van der Waals surface area contributed by atoms with Gasteiger partial charge in [-0.15, -0.1) is 0 Å². The van der Waals surface area contributed by atoms with E-state index < -0.39 is 0 Å². The molecule has 0 unspecified atom stereocenters. The van der Waals surface area contributed by atoms with Crippen molar-refractivity contribution in [2.45, 2.75) is 19.8 Å². The van der Waals surface area contributed by atoms with Crippen LogP contribution in [0.3, 0.4) is 0 Å². The van der Waals surface area contributed by atoms with Gasteiger partial charge in [-0.3, -0.25) is 0 Å². The molecule has 0 aliphatic carbocycles. The first-order valence-corrected chi connectivity index (χ1v) is 8.88. The van der Waals surface area contributed by atoms with Crippen LogP contribution in [0.4, 0.5) is 0 Å². The van der Waals surface area contributed by atoms with Crippen LogP contribution in [-0.4, -0.2) is 0 Å². The standard InChI is InChI=1S/C21H17BrO3/c1-13-3-9-18(23-13)21(19-10-4-14(2)24-19)20-12-11-17(25-20)15-5-7-16(22)8-6-15/h3-12,21H,1-2H3. The van der Waals surface area contributed by atoms with Gasteiger partial charge >= 0.3 is 0 Å². The number of halogens is 1. The zero-order chi connectivity index (χ0) is 17.4. The normalized spacial score (nSPS) is 11.4. The molecule has 126 valence electrons. The Morgan fingerprint density at radius 3 is 1.68 bits per heavy atom. The molecular formula is C21H17BrO3. The van der Waals surface area contributed by atoms with E-state index in [0.717, 1.165) is 44.6 Å². The summed E-state index contributed by atoms with van der Waals surface area (Å²) in [5, 5.41) is 0. The van der Waals surface area contributed by atoms with Crippen LogP contribution >= 0.6 is 15.9 Å². The maximum Gasteiger partial charge on any atom is 0.134 e. The molecule has 0 spiro atoms. The number of benzene rings is 1. The zero-order valence-corrected chi connectivity index (χ0v) is 15.5. The van der Waals surface area contributed by atoms with Crippen molar-refractivity contribution in [1.29, 1.82) is 0 Å². The van der Waals surface area contributed by atoms with E-state index in [4.69, 9.17) is 13.3 Å². The minimum atomic E-state index is -0.202. The maximum absolute atomic E-state index is 6.16. The molecule has 0 amide bonds. The minimum absolute atomic E-state index is 0.202. The number of hydrogen-bond donors (Lipinski definition) is 0. The quantitative estimate of drug-likeness (QED) is 0.385. The second-order valence-corrected chi connectivity index (χ2v) is 6.95. The molecule has 0 aliphatic heterocycles. The lowest BCUT2D eigenvalue weighted by atomic mass is 10.0. The van der Waals surface area contributed by atoms with Crippen LogP contribution in [0.5, 0.6) is 0 Å². The van der Waals surface area contributed by atoms with E-state index in [9.17, 15) is 0 Å². The molecule has 0 N–H and O–H groups in total. The van der Waals surface area contributed by atoms with E-state index in [1.807, 2.05) is 74.5 Å². The molecule has 0 aliphatic rings. The lowest BCUT2D eigenvalue weighted by Gasteiger charge is -2.09. The Morgan fingerprint density at radius 1 is 0.640 bits per heavy atom. The van der Waals surface area contributed by atoms with Crippen molar-refractivity contribution in [3.8, 4) is 11.3 Å². The van der Waals surface area contributed by atoms with E-state index >= 15 is 0 Å². The molecule has 4 aromatic rings. The van der Waals surface area contributed by atoms with Crippen molar-refractivity contribution in [3.63, 3.8) is 0 Å². The van der Waals surface area contributed by atoms with Crippen LogP contribution in [0, 0.1) is 13.8 Å². The lowest BCUT2D eigenvalue weighted by molar-refractivity contribution is 0.396. The van der Waals surface area contributed by atoms with Gasteiger partial charge in [-0.2, -0.15) is 0 Å². The van der Waals surface area contributed by atoms with Gasteiger partial charge in [0, 0.05) is 10.0 Å². The molecule has 0 saturated heterocycles. The van der Waals surface area contributed by atoms with Gasteiger partial charge in [-0.1, -0.05) is 28.1 Å². The summed E-state index contributed by atoms with van der Waals surface area (Å²) in [4.78, 5) is 0. The van der Waals surface area contributed by atoms with Gasteiger partial charge in [0.2, 0.25) is 0 Å². The van der Waals surface area contributed by atoms with Crippen molar-refractivity contribution >= 4 is 15.9 Å². The SMILES string of the molecule is Cc1ccc(C(c2ccc(C)o2)c2ccc(-c3ccc(Br)cc3)o2)o1. The molecule has 4 heteroatoms. The lowest BCUT2D eigenvalue weighted by Crippen LogP contribution is -1.99. The van der Waals surface area contributed by atoms with E-state index in [-0.39, 0.29) is 5.92 Å². The third-order valence-corrected chi connectivity index (χ3v) is 4.66. The van der Waals surface area contributed by atoms with Crippen molar-refractivity contribution in [3.05, 3.63) is 93.9 Å². The molecule has 0 saturated carbocycles. The predicted octanol–water partition coefficient (Wildman–Crippen LogP) is 6.69. The summed E-state index contributed by atoms with van der Waals surface area (Å²) >= 11 is 3.46. The molecule has 3 heterocycles. The third kappa shape index (κ3) is 3.22. The summed E-state index contributed by atoms with van der Waals surface area (Å²) in [5.41, 5.74) is 1.03. The number of furan rings is 3. The Labute approximate surface area is 154 Å². The topological polar surface area (TPSA) is 39.4 Å². The molecule has 3 aromatic heterocycles. The molecule has 25 heavy (non-hydrogen) atoms. The van der Waals surface area contributed by atoms with Crippen LogP contribution in [0.25, 0.3) is 11.3 Å². The first kappa shape index (κ1) is 16.0. The fraction of sp³-hybridized carbons (Fsp3) is 0.143. The smallest absolute Gasteiger partial charge is 0.134 e. The highest BCUT2D eigenvalue weighted by Gasteiger charge is 2.26. The number of hydrogen-bond acceptors (Lipinski definition) is 3. The van der Waals surface area contributed by atoms with Crippen molar-refractivity contribution in [2.24, 2.45) is 0 Å². The van der Waals surface area contributed by atoms with Crippen molar-refractivity contribution in [2.75, 3.05) is 0 Å². The first-order chi connectivity index (χ1) is 12.1. The Hall–Kier alpha value is -2.46. The minimum Gasteiger partial charge on any atom is -0.465 e. The van der Waals surface area contributed by atoms with Gasteiger partial charge in [0.15, 0.2) is 0 Å². The van der Waals surface area contributed by atoms with E-state index in [1.165, 1.54) is 0 Å². The summed E-state index contributed by atoms with van der Waals surface area (Å²) in [7, 11) is 0. The van der Waals surface area contributed by atoms with Crippen LogP contribution in [0.15, 0.2) is 78.4 Å². The number of aryl methyl sites for hydroxylation is 2. The molecule has 0 atom stereocenters. The van der Waals surface area contributed by atoms with Crippen LogP contribution in [0.1, 0.15) is 34.7 Å². The zero-order valence-electron chi connectivity index (χ0n) is 14.0. The largest absolute Gasteiger partial charge is 0.465 e. The summed E-state index contributed by atoms with van der Waals surface area (Å²) in [6.07, 6.45) is 0. The Morgan fingerprint density at radius 2 is 1.16 bits per heavy atom. The maximum atomic E-state index is 6.16. The van der Waals surface area contributed by atoms with Crippen LogP contribution < -0.4 is 0 Å². The average molecular weight is 397 g/mol. The van der Waals surface area contributed by atoms with Crippen molar-refractivity contribution < 1.29 is 13.3 Å². The fourth-order valence-electron chi connectivity index (χ4n) is 2.92. The monoisotopic (exact) mass is 396 g/mol. The van der Waals surface area contributed by atoms with Gasteiger partial charge < -0.3 is 13.3 Å². The van der Waals surface area contributed by atoms with Gasteiger partial charge in [0.25, 0.3) is 0 Å².